The van der Waals surface area contributed by atoms with Gasteiger partial charge in [-0.1, -0.05) is 32.0 Å². The van der Waals surface area contributed by atoms with Crippen LogP contribution >= 0.6 is 0 Å². The van der Waals surface area contributed by atoms with Crippen molar-refractivity contribution < 1.29 is 4.74 Å². The molecule has 2 nitrogen and oxygen atoms in total. The molecule has 1 N–H and O–H groups in total. The van der Waals surface area contributed by atoms with Gasteiger partial charge in [-0.15, -0.1) is 0 Å². The molecule has 0 bridgehead atoms. The van der Waals surface area contributed by atoms with Crippen LogP contribution in [-0.4, -0.2) is 12.1 Å². The zero-order valence-corrected chi connectivity index (χ0v) is 13.4. The first kappa shape index (κ1) is 15.4. The van der Waals surface area contributed by atoms with E-state index in [1.54, 1.807) is 0 Å². The van der Waals surface area contributed by atoms with Crippen LogP contribution in [0, 0.1) is 5.41 Å². The Bertz CT molecular complexity index is 415. The third-order valence-electron chi connectivity index (χ3n) is 4.26. The average Bonchev–Trinajstić information content (AvgIpc) is 2.38. The molecular weight excluding hydrogens is 246 g/mol. The van der Waals surface area contributed by atoms with Crippen LogP contribution in [0.15, 0.2) is 24.3 Å². The molecule has 112 valence electrons. The van der Waals surface area contributed by atoms with Crippen molar-refractivity contribution in [1.29, 1.82) is 0 Å². The second-order valence-electron chi connectivity index (χ2n) is 7.09. The van der Waals surface area contributed by atoms with E-state index in [1.807, 2.05) is 6.07 Å². The zero-order valence-electron chi connectivity index (χ0n) is 13.4. The van der Waals surface area contributed by atoms with E-state index in [-0.39, 0.29) is 6.10 Å². The fourth-order valence-corrected chi connectivity index (χ4v) is 2.88. The van der Waals surface area contributed by atoms with Crippen LogP contribution in [0.1, 0.15) is 58.9 Å². The first-order valence-corrected chi connectivity index (χ1v) is 7.94. The summed E-state index contributed by atoms with van der Waals surface area (Å²) < 4.78 is 5.88. The van der Waals surface area contributed by atoms with Gasteiger partial charge in [0.05, 0.1) is 6.10 Å². The molecule has 1 saturated carbocycles. The molecule has 2 rings (SSSR count). The molecule has 0 saturated heterocycles. The number of hydrogen-bond acceptors (Lipinski definition) is 2. The molecule has 0 radical (unpaired) electrons. The fourth-order valence-electron chi connectivity index (χ4n) is 2.88. The minimum Gasteiger partial charge on any atom is -0.491 e. The second kappa shape index (κ2) is 6.62. The Morgan fingerprint density at radius 1 is 1.20 bits per heavy atom. The van der Waals surface area contributed by atoms with Gasteiger partial charge in [0, 0.05) is 18.2 Å². The summed E-state index contributed by atoms with van der Waals surface area (Å²) in [6.07, 6.45) is 5.47. The summed E-state index contributed by atoms with van der Waals surface area (Å²) in [7, 11) is 0. The third-order valence-corrected chi connectivity index (χ3v) is 4.26. The Hall–Kier alpha value is -1.02. The van der Waals surface area contributed by atoms with Gasteiger partial charge >= 0.3 is 0 Å². The van der Waals surface area contributed by atoms with E-state index in [1.165, 1.54) is 31.2 Å². The summed E-state index contributed by atoms with van der Waals surface area (Å²) in [4.78, 5) is 0. The average molecular weight is 275 g/mol. The molecule has 1 aliphatic rings. The first-order chi connectivity index (χ1) is 9.46. The second-order valence-corrected chi connectivity index (χ2v) is 7.09. The number of benzene rings is 1. The fraction of sp³-hybridized carbons (Fsp3) is 0.667. The molecule has 0 aromatic heterocycles. The largest absolute Gasteiger partial charge is 0.491 e. The SMILES string of the molecule is CC(C)Oc1ccccc1CNC1CCC(C)(C)CC1. The van der Waals surface area contributed by atoms with Gasteiger partial charge in [0.15, 0.2) is 0 Å². The summed E-state index contributed by atoms with van der Waals surface area (Å²) in [6, 6.07) is 9.03. The maximum absolute atomic E-state index is 5.88. The molecule has 1 aliphatic carbocycles. The lowest BCUT2D eigenvalue weighted by Gasteiger charge is -2.34. The smallest absolute Gasteiger partial charge is 0.124 e. The van der Waals surface area contributed by atoms with Gasteiger partial charge in [-0.2, -0.15) is 0 Å². The standard InChI is InChI=1S/C18H29NO/c1-14(2)20-17-8-6-5-7-15(17)13-19-16-9-11-18(3,4)12-10-16/h5-8,14,16,19H,9-13H2,1-4H3. The predicted octanol–water partition coefficient (Wildman–Crippen LogP) is 4.53. The van der Waals surface area contributed by atoms with Crippen LogP contribution in [0.4, 0.5) is 0 Å². The molecule has 0 aliphatic heterocycles. The van der Waals surface area contributed by atoms with Crippen LogP contribution in [0.25, 0.3) is 0 Å². The zero-order chi connectivity index (χ0) is 14.6. The highest BCUT2D eigenvalue weighted by atomic mass is 16.5. The predicted molar refractivity (Wildman–Crippen MR) is 85.1 cm³/mol. The third kappa shape index (κ3) is 4.52. The molecular formula is C18H29NO. The molecule has 1 aromatic rings. The maximum atomic E-state index is 5.88. The van der Waals surface area contributed by atoms with Crippen molar-refractivity contribution in [2.24, 2.45) is 5.41 Å². The summed E-state index contributed by atoms with van der Waals surface area (Å²) in [5, 5.41) is 3.71. The highest BCUT2D eigenvalue weighted by molar-refractivity contribution is 5.33. The minimum absolute atomic E-state index is 0.228. The molecule has 1 aromatic carbocycles. The number of para-hydroxylation sites is 1. The van der Waals surface area contributed by atoms with E-state index >= 15 is 0 Å². The van der Waals surface area contributed by atoms with Crippen LogP contribution in [0.2, 0.25) is 0 Å². The molecule has 2 heteroatoms. The Labute approximate surface area is 123 Å². The van der Waals surface area contributed by atoms with E-state index < -0.39 is 0 Å². The molecule has 1 fully saturated rings. The molecule has 0 amide bonds. The maximum Gasteiger partial charge on any atom is 0.124 e. The minimum atomic E-state index is 0.228. The van der Waals surface area contributed by atoms with Gasteiger partial charge in [-0.3, -0.25) is 0 Å². The van der Waals surface area contributed by atoms with Crippen molar-refractivity contribution in [2.45, 2.75) is 72.1 Å². The quantitative estimate of drug-likeness (QED) is 0.852. The normalized spacial score (nSPS) is 19.2. The Balaban J connectivity index is 1.88. The van der Waals surface area contributed by atoms with Crippen molar-refractivity contribution in [1.82, 2.24) is 5.32 Å². The van der Waals surface area contributed by atoms with Gasteiger partial charge in [0.2, 0.25) is 0 Å². The van der Waals surface area contributed by atoms with Crippen molar-refractivity contribution in [3.05, 3.63) is 29.8 Å². The van der Waals surface area contributed by atoms with Crippen molar-refractivity contribution >= 4 is 0 Å². The summed E-state index contributed by atoms with van der Waals surface area (Å²) in [6.45, 7) is 9.83. The monoisotopic (exact) mass is 275 g/mol. The van der Waals surface area contributed by atoms with Crippen molar-refractivity contribution in [3.63, 3.8) is 0 Å². The van der Waals surface area contributed by atoms with E-state index in [9.17, 15) is 0 Å². The summed E-state index contributed by atoms with van der Waals surface area (Å²) >= 11 is 0. The first-order valence-electron chi connectivity index (χ1n) is 7.94. The molecule has 0 spiro atoms. The molecule has 0 atom stereocenters. The summed E-state index contributed by atoms with van der Waals surface area (Å²) in [5.74, 6) is 1.02. The van der Waals surface area contributed by atoms with Gasteiger partial charge in [0.25, 0.3) is 0 Å². The lowest BCUT2D eigenvalue weighted by atomic mass is 9.75. The number of hydrogen-bond donors (Lipinski definition) is 1. The van der Waals surface area contributed by atoms with Gasteiger partial charge < -0.3 is 10.1 Å². The highest BCUT2D eigenvalue weighted by Crippen LogP contribution is 2.35. The van der Waals surface area contributed by atoms with Gasteiger partial charge in [0.1, 0.15) is 5.75 Å². The number of nitrogens with one attached hydrogen (secondary N) is 1. The molecule has 20 heavy (non-hydrogen) atoms. The summed E-state index contributed by atoms with van der Waals surface area (Å²) in [5.41, 5.74) is 1.81. The Morgan fingerprint density at radius 2 is 1.85 bits per heavy atom. The lowest BCUT2D eigenvalue weighted by molar-refractivity contribution is 0.204. The topological polar surface area (TPSA) is 21.3 Å². The number of rotatable bonds is 5. The lowest BCUT2D eigenvalue weighted by Crippen LogP contribution is -2.35. The van der Waals surface area contributed by atoms with Crippen molar-refractivity contribution in [3.8, 4) is 5.75 Å². The van der Waals surface area contributed by atoms with E-state index in [0.29, 0.717) is 11.5 Å². The van der Waals surface area contributed by atoms with Crippen molar-refractivity contribution in [2.75, 3.05) is 0 Å². The Kier molecular flexibility index (Phi) is 5.09. The van der Waals surface area contributed by atoms with E-state index in [0.717, 1.165) is 12.3 Å². The highest BCUT2D eigenvalue weighted by Gasteiger charge is 2.26. The van der Waals surface area contributed by atoms with Crippen LogP contribution in [-0.2, 0) is 6.54 Å². The van der Waals surface area contributed by atoms with Crippen LogP contribution in [0.3, 0.4) is 0 Å². The van der Waals surface area contributed by atoms with Gasteiger partial charge in [-0.05, 0) is 51.0 Å². The van der Waals surface area contributed by atoms with Crippen LogP contribution < -0.4 is 10.1 Å². The molecule has 0 unspecified atom stereocenters. The molecule has 0 heterocycles. The number of ether oxygens (including phenoxy) is 1. The van der Waals surface area contributed by atoms with E-state index in [2.05, 4.69) is 51.2 Å². The van der Waals surface area contributed by atoms with Crippen LogP contribution in [0.5, 0.6) is 5.75 Å². The Morgan fingerprint density at radius 3 is 2.50 bits per heavy atom. The van der Waals surface area contributed by atoms with E-state index in [4.69, 9.17) is 4.74 Å². The van der Waals surface area contributed by atoms with Gasteiger partial charge in [-0.25, -0.2) is 0 Å².